The number of fused-ring (bicyclic) bond motifs is 1. The van der Waals surface area contributed by atoms with Gasteiger partial charge in [-0.3, -0.25) is 14.5 Å². The lowest BCUT2D eigenvalue weighted by molar-refractivity contribution is -0.155. The van der Waals surface area contributed by atoms with Crippen LogP contribution in [0.4, 0.5) is 4.39 Å². The molecule has 2 atom stereocenters. The third-order valence-corrected chi connectivity index (χ3v) is 8.68. The first kappa shape index (κ1) is 30.0. The van der Waals surface area contributed by atoms with Crippen LogP contribution < -0.4 is 14.8 Å². The highest BCUT2D eigenvalue weighted by molar-refractivity contribution is 8.00. The fraction of sp³-hybridized carbons (Fsp3) is 0.171. The van der Waals surface area contributed by atoms with E-state index in [1.54, 1.807) is 36.4 Å². The normalized spacial score (nSPS) is 17.3. The van der Waals surface area contributed by atoms with Crippen molar-refractivity contribution in [1.29, 1.82) is 0 Å². The summed E-state index contributed by atoms with van der Waals surface area (Å²) in [5.41, 5.74) is 2.00. The monoisotopic (exact) mass is 624 g/mol. The van der Waals surface area contributed by atoms with Crippen molar-refractivity contribution in [3.8, 4) is 11.5 Å². The second kappa shape index (κ2) is 13.7. The van der Waals surface area contributed by atoms with Gasteiger partial charge in [-0.2, -0.15) is 0 Å². The Labute approximate surface area is 263 Å². The Hall–Kier alpha value is -5.09. The van der Waals surface area contributed by atoms with E-state index in [1.165, 1.54) is 28.8 Å². The van der Waals surface area contributed by atoms with Gasteiger partial charge >= 0.3 is 5.97 Å². The van der Waals surface area contributed by atoms with Crippen LogP contribution in [0.3, 0.4) is 0 Å². The lowest BCUT2D eigenvalue weighted by Crippen LogP contribution is -2.71. The molecule has 4 aromatic carbocycles. The van der Waals surface area contributed by atoms with E-state index >= 15 is 0 Å². The van der Waals surface area contributed by atoms with Crippen LogP contribution in [0.15, 0.2) is 127 Å². The molecule has 8 nitrogen and oxygen atoms in total. The topological polar surface area (TPSA) is 94.2 Å². The molecule has 0 bridgehead atoms. The Morgan fingerprint density at radius 1 is 0.844 bits per heavy atom. The highest BCUT2D eigenvalue weighted by Gasteiger charge is 2.54. The van der Waals surface area contributed by atoms with Crippen molar-refractivity contribution in [3.63, 3.8) is 0 Å². The molecule has 10 heteroatoms. The molecule has 0 radical (unpaired) electrons. The van der Waals surface area contributed by atoms with Gasteiger partial charge in [-0.05, 0) is 35.4 Å². The van der Waals surface area contributed by atoms with E-state index in [0.29, 0.717) is 17.1 Å². The predicted molar refractivity (Wildman–Crippen MR) is 167 cm³/mol. The van der Waals surface area contributed by atoms with Gasteiger partial charge in [0, 0.05) is 11.3 Å². The number of ether oxygens (including phenoxy) is 3. The first-order chi connectivity index (χ1) is 22.0. The number of amides is 2. The molecule has 0 saturated carbocycles. The number of para-hydroxylation sites is 2. The molecule has 228 valence electrons. The zero-order chi connectivity index (χ0) is 31.2. The van der Waals surface area contributed by atoms with Gasteiger partial charge in [-0.1, -0.05) is 91.0 Å². The number of benzene rings is 4. The van der Waals surface area contributed by atoms with E-state index < -0.39 is 41.1 Å². The van der Waals surface area contributed by atoms with Crippen molar-refractivity contribution in [2.75, 3.05) is 19.0 Å². The van der Waals surface area contributed by atoms with Crippen LogP contribution in [0.1, 0.15) is 17.2 Å². The van der Waals surface area contributed by atoms with E-state index in [1.807, 2.05) is 66.7 Å². The van der Waals surface area contributed by atoms with Crippen LogP contribution in [-0.4, -0.2) is 53.1 Å². The van der Waals surface area contributed by atoms with Gasteiger partial charge in [0.2, 0.25) is 0 Å². The Morgan fingerprint density at radius 3 is 2.09 bits per heavy atom. The Bertz CT molecular complexity index is 1660. The van der Waals surface area contributed by atoms with Crippen LogP contribution in [0.25, 0.3) is 0 Å². The molecule has 2 heterocycles. The van der Waals surface area contributed by atoms with E-state index in [0.717, 1.165) is 11.1 Å². The number of nitrogens with one attached hydrogen (secondary N) is 1. The number of carbonyl (C=O) groups is 3. The summed E-state index contributed by atoms with van der Waals surface area (Å²) in [6.45, 7) is -0.411. The third-order valence-electron chi connectivity index (χ3n) is 7.34. The number of hydrogen-bond acceptors (Lipinski definition) is 7. The van der Waals surface area contributed by atoms with E-state index in [2.05, 4.69) is 5.32 Å². The van der Waals surface area contributed by atoms with Crippen LogP contribution in [0, 0.1) is 5.82 Å². The molecule has 1 unspecified atom stereocenters. The van der Waals surface area contributed by atoms with Gasteiger partial charge in [-0.15, -0.1) is 11.8 Å². The smallest absolute Gasteiger partial charge is 0.356 e. The molecule has 45 heavy (non-hydrogen) atoms. The number of thioether (sulfide) groups is 1. The van der Waals surface area contributed by atoms with Crippen LogP contribution in [0.2, 0.25) is 0 Å². The van der Waals surface area contributed by atoms with Gasteiger partial charge < -0.3 is 19.5 Å². The van der Waals surface area contributed by atoms with Crippen molar-refractivity contribution in [1.82, 2.24) is 10.2 Å². The Kier molecular flexibility index (Phi) is 9.11. The van der Waals surface area contributed by atoms with E-state index in [9.17, 15) is 18.8 Å². The van der Waals surface area contributed by atoms with Crippen LogP contribution in [0.5, 0.6) is 11.5 Å². The van der Waals surface area contributed by atoms with E-state index in [4.69, 9.17) is 14.2 Å². The average molecular weight is 625 g/mol. The summed E-state index contributed by atoms with van der Waals surface area (Å²) in [6.07, 6.45) is -0.754. The van der Waals surface area contributed by atoms with Gasteiger partial charge in [0.25, 0.3) is 11.8 Å². The number of hydrogen-bond donors (Lipinski definition) is 1. The number of carbonyl (C=O) groups excluding carboxylic acids is 3. The Balaban J connectivity index is 1.25. The highest BCUT2D eigenvalue weighted by atomic mass is 32.2. The largest absolute Gasteiger partial charge is 0.486 e. The molecule has 1 fully saturated rings. The van der Waals surface area contributed by atoms with E-state index in [-0.39, 0.29) is 24.7 Å². The van der Waals surface area contributed by atoms with Crippen LogP contribution in [-0.2, 0) is 19.1 Å². The van der Waals surface area contributed by atoms with Gasteiger partial charge in [0.1, 0.15) is 29.5 Å². The lowest BCUT2D eigenvalue weighted by Gasteiger charge is -2.49. The molecular weight excluding hydrogens is 595 g/mol. The molecule has 1 saturated heterocycles. The standard InChI is InChI=1S/C35H29FN2O6S/c36-27-18-10-11-19-28(27)43-20-25-22-45-34-30(37-29(39)21-42-26-16-8-3-9-17-26)33(40)38(34)31(25)35(41)44-32(23-12-4-1-5-13-23)24-14-6-2-7-15-24/h1-19,30,32,34H,20-22H2,(H,37,39)/t30?,34-/m1/s1. The first-order valence-electron chi connectivity index (χ1n) is 14.3. The number of rotatable bonds is 11. The maximum absolute atomic E-state index is 14.3. The fourth-order valence-corrected chi connectivity index (χ4v) is 6.46. The summed E-state index contributed by atoms with van der Waals surface area (Å²) in [6, 6.07) is 32.6. The molecule has 4 aromatic rings. The molecule has 1 N–H and O–H groups in total. The number of halogens is 1. The van der Waals surface area contributed by atoms with Gasteiger partial charge in [0.15, 0.2) is 24.3 Å². The SMILES string of the molecule is O=C(COc1ccccc1)NC1C(=O)N2C(C(=O)OC(c3ccccc3)c3ccccc3)=C(COc3ccccc3F)CS[C@H]12. The number of esters is 1. The number of nitrogens with zero attached hydrogens (tertiary/aromatic N) is 1. The van der Waals surface area contributed by atoms with Crippen molar-refractivity contribution in [2.45, 2.75) is 17.5 Å². The minimum absolute atomic E-state index is 0.0229. The van der Waals surface area contributed by atoms with Gasteiger partial charge in [0.05, 0.1) is 0 Å². The zero-order valence-corrected chi connectivity index (χ0v) is 24.8. The fourth-order valence-electron chi connectivity index (χ4n) is 5.14. The summed E-state index contributed by atoms with van der Waals surface area (Å²) >= 11 is 1.37. The molecule has 6 rings (SSSR count). The summed E-state index contributed by atoms with van der Waals surface area (Å²) in [5, 5.41) is 2.19. The molecule has 2 amide bonds. The van der Waals surface area contributed by atoms with Crippen molar-refractivity contribution in [3.05, 3.63) is 143 Å². The first-order valence-corrected chi connectivity index (χ1v) is 15.4. The minimum atomic E-state index is -0.863. The molecule has 0 aromatic heterocycles. The maximum Gasteiger partial charge on any atom is 0.356 e. The summed E-state index contributed by atoms with van der Waals surface area (Å²) in [7, 11) is 0. The summed E-state index contributed by atoms with van der Waals surface area (Å²) in [5.74, 6) is -1.36. The lowest BCUT2D eigenvalue weighted by atomic mass is 10.0. The highest BCUT2D eigenvalue weighted by Crippen LogP contribution is 2.42. The molecule has 0 spiro atoms. The second-order valence-corrected chi connectivity index (χ2v) is 11.4. The average Bonchev–Trinajstić information content (AvgIpc) is 3.09. The van der Waals surface area contributed by atoms with Crippen LogP contribution >= 0.6 is 11.8 Å². The maximum atomic E-state index is 14.3. The second-order valence-electron chi connectivity index (χ2n) is 10.3. The predicted octanol–water partition coefficient (Wildman–Crippen LogP) is 5.27. The summed E-state index contributed by atoms with van der Waals surface area (Å²) < 4.78 is 31.8. The van der Waals surface area contributed by atoms with Gasteiger partial charge in [-0.25, -0.2) is 9.18 Å². The minimum Gasteiger partial charge on any atom is -0.486 e. The third kappa shape index (κ3) is 6.71. The molecular formula is C35H29FN2O6S. The molecule has 2 aliphatic rings. The quantitative estimate of drug-likeness (QED) is 0.180. The molecule has 0 aliphatic carbocycles. The zero-order valence-electron chi connectivity index (χ0n) is 24.0. The molecule has 2 aliphatic heterocycles. The van der Waals surface area contributed by atoms with Crippen molar-refractivity contribution < 1.29 is 33.0 Å². The summed E-state index contributed by atoms with van der Waals surface area (Å²) in [4.78, 5) is 41.6. The number of β-lactam (4-membered cyclic amide) rings is 1. The van der Waals surface area contributed by atoms with Crippen molar-refractivity contribution >= 4 is 29.5 Å². The Morgan fingerprint density at radius 2 is 1.44 bits per heavy atom. The van der Waals surface area contributed by atoms with Crippen molar-refractivity contribution in [2.24, 2.45) is 0 Å².